The molecular weight excluding hydrogens is 300 g/mol. The molecule has 1 saturated heterocycles. The van der Waals surface area contributed by atoms with E-state index >= 15 is 0 Å². The van der Waals surface area contributed by atoms with Crippen molar-refractivity contribution in [1.82, 2.24) is 9.97 Å². The second kappa shape index (κ2) is 7.84. The molecule has 124 valence electrons. The van der Waals surface area contributed by atoms with Crippen LogP contribution in [0.3, 0.4) is 0 Å². The molecule has 1 aromatic heterocycles. The average Bonchev–Trinajstić information content (AvgIpc) is 2.76. The highest BCUT2D eigenvalue weighted by molar-refractivity contribution is 5.66. The average molecular weight is 318 g/mol. The van der Waals surface area contributed by atoms with E-state index in [-0.39, 0.29) is 12.0 Å². The normalized spacial score (nSPS) is 27.1. The number of aromatic nitrogens is 2. The topological polar surface area (TPSA) is 173 Å². The van der Waals surface area contributed by atoms with Gasteiger partial charge in [0.1, 0.15) is 24.4 Å². The zero-order valence-electron chi connectivity index (χ0n) is 11.7. The van der Waals surface area contributed by atoms with Gasteiger partial charge in [0.15, 0.2) is 0 Å². The van der Waals surface area contributed by atoms with Crippen LogP contribution in [0, 0.1) is 0 Å². The third-order valence-electron chi connectivity index (χ3n) is 3.00. The molecule has 1 aromatic rings. The van der Waals surface area contributed by atoms with Crippen molar-refractivity contribution in [2.45, 2.75) is 37.8 Å². The Labute approximate surface area is 124 Å². The Bertz CT molecular complexity index is 610. The molecule has 4 atom stereocenters. The number of aliphatic hydroxyl groups excluding tert-OH is 3. The van der Waals surface area contributed by atoms with Crippen LogP contribution in [0.2, 0.25) is 0 Å². The minimum absolute atomic E-state index is 0.00731. The Morgan fingerprint density at radius 1 is 1.32 bits per heavy atom. The third-order valence-corrected chi connectivity index (χ3v) is 3.00. The maximum absolute atomic E-state index is 11.5. The molecular formula is C12H18N2O8. The van der Waals surface area contributed by atoms with Crippen LogP contribution >= 0.6 is 0 Å². The van der Waals surface area contributed by atoms with E-state index in [2.05, 4.69) is 4.98 Å². The van der Waals surface area contributed by atoms with Crippen LogP contribution in [0.25, 0.3) is 0 Å². The largest absolute Gasteiger partial charge is 0.481 e. The lowest BCUT2D eigenvalue weighted by Crippen LogP contribution is -2.34. The van der Waals surface area contributed by atoms with E-state index in [1.807, 2.05) is 4.98 Å². The Kier molecular flexibility index (Phi) is 6.43. The monoisotopic (exact) mass is 318 g/mol. The summed E-state index contributed by atoms with van der Waals surface area (Å²) in [4.78, 5) is 35.9. The maximum Gasteiger partial charge on any atom is 0.325 e. The van der Waals surface area contributed by atoms with Gasteiger partial charge in [0.05, 0.1) is 12.2 Å². The summed E-state index contributed by atoms with van der Waals surface area (Å²) < 4.78 is 5.15. The molecule has 0 saturated carbocycles. The van der Waals surface area contributed by atoms with E-state index in [1.54, 1.807) is 6.92 Å². The number of ether oxygens (including phenoxy) is 1. The molecule has 0 aromatic carbocycles. The van der Waals surface area contributed by atoms with Crippen molar-refractivity contribution >= 4 is 5.97 Å². The first-order chi connectivity index (χ1) is 10.3. The number of nitrogens with one attached hydrogen (secondary N) is 2. The predicted octanol–water partition coefficient (Wildman–Crippen LogP) is -2.30. The smallest absolute Gasteiger partial charge is 0.325 e. The number of H-pyrrole nitrogens is 2. The van der Waals surface area contributed by atoms with Crippen LogP contribution in [0.5, 0.6) is 0 Å². The Morgan fingerprint density at radius 2 is 1.91 bits per heavy atom. The van der Waals surface area contributed by atoms with Crippen molar-refractivity contribution in [2.75, 3.05) is 6.61 Å². The fourth-order valence-electron chi connectivity index (χ4n) is 1.79. The number of carboxylic acids is 1. The number of hydrogen-bond donors (Lipinski definition) is 6. The summed E-state index contributed by atoms with van der Waals surface area (Å²) in [6, 6.07) is 0. The predicted molar refractivity (Wildman–Crippen MR) is 72.3 cm³/mol. The van der Waals surface area contributed by atoms with Crippen molar-refractivity contribution in [1.29, 1.82) is 0 Å². The van der Waals surface area contributed by atoms with Gasteiger partial charge >= 0.3 is 11.7 Å². The Morgan fingerprint density at radius 3 is 2.32 bits per heavy atom. The number of aromatic amines is 2. The first kappa shape index (κ1) is 18.0. The van der Waals surface area contributed by atoms with Crippen LogP contribution in [0.15, 0.2) is 15.8 Å². The Balaban J connectivity index is 0.000000422. The molecule has 0 spiro atoms. The van der Waals surface area contributed by atoms with Gasteiger partial charge in [-0.3, -0.25) is 14.6 Å². The van der Waals surface area contributed by atoms with Crippen LogP contribution in [0.1, 0.15) is 25.0 Å². The number of aliphatic carboxylic acids is 1. The van der Waals surface area contributed by atoms with E-state index in [4.69, 9.17) is 14.9 Å². The molecule has 0 bridgehead atoms. The molecule has 1 fully saturated rings. The number of carbonyl (C=O) groups is 1. The zero-order valence-corrected chi connectivity index (χ0v) is 11.7. The van der Waals surface area contributed by atoms with Gasteiger partial charge in [0.25, 0.3) is 5.56 Å². The van der Waals surface area contributed by atoms with E-state index in [1.165, 1.54) is 0 Å². The fraction of sp³-hybridized carbons (Fsp3) is 0.583. The molecule has 2 rings (SSSR count). The molecule has 2 heterocycles. The van der Waals surface area contributed by atoms with E-state index < -0.39 is 48.2 Å². The van der Waals surface area contributed by atoms with Crippen molar-refractivity contribution in [3.05, 3.63) is 32.6 Å². The van der Waals surface area contributed by atoms with Gasteiger partial charge in [-0.2, -0.15) is 0 Å². The number of carboxylic acid groups (broad SMARTS) is 1. The summed E-state index contributed by atoms with van der Waals surface area (Å²) in [5.41, 5.74) is -1.39. The maximum atomic E-state index is 11.5. The first-order valence-corrected chi connectivity index (χ1v) is 6.47. The highest BCUT2D eigenvalue weighted by Crippen LogP contribution is 2.31. The summed E-state index contributed by atoms with van der Waals surface area (Å²) in [6.45, 7) is 1.12. The minimum Gasteiger partial charge on any atom is -0.481 e. The molecule has 10 heteroatoms. The summed E-state index contributed by atoms with van der Waals surface area (Å²) in [7, 11) is 0. The number of aliphatic hydroxyl groups is 3. The van der Waals surface area contributed by atoms with Crippen LogP contribution in [0.4, 0.5) is 0 Å². The second-order valence-electron chi connectivity index (χ2n) is 4.53. The molecule has 1 aliphatic heterocycles. The molecule has 0 unspecified atom stereocenters. The van der Waals surface area contributed by atoms with Gasteiger partial charge in [-0.15, -0.1) is 0 Å². The lowest BCUT2D eigenvalue weighted by Gasteiger charge is -2.13. The minimum atomic E-state index is -1.33. The highest BCUT2D eigenvalue weighted by Gasteiger charge is 2.44. The third kappa shape index (κ3) is 4.24. The zero-order chi connectivity index (χ0) is 16.9. The molecule has 1 aliphatic rings. The van der Waals surface area contributed by atoms with E-state index in [0.717, 1.165) is 6.20 Å². The van der Waals surface area contributed by atoms with Crippen molar-refractivity contribution in [2.24, 2.45) is 0 Å². The number of rotatable bonds is 3. The molecule has 0 radical (unpaired) electrons. The second-order valence-corrected chi connectivity index (χ2v) is 4.53. The highest BCUT2D eigenvalue weighted by atomic mass is 16.6. The quantitative estimate of drug-likeness (QED) is 0.361. The van der Waals surface area contributed by atoms with E-state index in [9.17, 15) is 24.6 Å². The summed E-state index contributed by atoms with van der Waals surface area (Å²) in [5.74, 6) is -0.745. The SMILES string of the molecule is CCC(=O)O.O=c1[nH]cc([C@@H]2O[C@H](CO)[C@@H](O)[C@H]2O)c(=O)[nH]1. The summed E-state index contributed by atoms with van der Waals surface area (Å²) in [6.07, 6.45) is -3.32. The fourth-order valence-corrected chi connectivity index (χ4v) is 1.79. The van der Waals surface area contributed by atoms with Crippen LogP contribution in [-0.2, 0) is 9.53 Å². The van der Waals surface area contributed by atoms with Gasteiger partial charge in [-0.05, 0) is 0 Å². The lowest BCUT2D eigenvalue weighted by molar-refractivity contribution is -0.136. The van der Waals surface area contributed by atoms with E-state index in [0.29, 0.717) is 0 Å². The molecule has 22 heavy (non-hydrogen) atoms. The van der Waals surface area contributed by atoms with Gasteiger partial charge in [-0.1, -0.05) is 6.92 Å². The van der Waals surface area contributed by atoms with Crippen LogP contribution in [-0.4, -0.2) is 61.3 Å². The molecule has 0 aliphatic carbocycles. The van der Waals surface area contributed by atoms with Crippen LogP contribution < -0.4 is 11.2 Å². The van der Waals surface area contributed by atoms with Crippen molar-refractivity contribution in [3.63, 3.8) is 0 Å². The number of hydrogen-bond acceptors (Lipinski definition) is 7. The molecule has 0 amide bonds. The Hall–Kier alpha value is -2.01. The standard InChI is InChI=1S/C9H12N2O6.C3H6O2/c12-2-4-5(13)6(14)7(17-4)3-1-10-9(16)11-8(3)15;1-2-3(4)5/h1,4-7,12-14H,2H2,(H2,10,11,15,16);2H2,1H3,(H,4,5)/t4-,5-,6-,7+;/m1./s1. The van der Waals surface area contributed by atoms with Crippen molar-refractivity contribution < 1.29 is 30.0 Å². The first-order valence-electron chi connectivity index (χ1n) is 6.47. The van der Waals surface area contributed by atoms with Crippen molar-refractivity contribution in [3.8, 4) is 0 Å². The van der Waals surface area contributed by atoms with Gasteiger partial charge in [-0.25, -0.2) is 4.79 Å². The summed E-state index contributed by atoms with van der Waals surface area (Å²) in [5, 5.41) is 35.8. The molecule has 6 N–H and O–H groups in total. The summed E-state index contributed by atoms with van der Waals surface area (Å²) >= 11 is 0. The van der Waals surface area contributed by atoms with Gasteiger partial charge < -0.3 is 30.1 Å². The van der Waals surface area contributed by atoms with Gasteiger partial charge in [0.2, 0.25) is 0 Å². The lowest BCUT2D eigenvalue weighted by atomic mass is 10.0. The molecule has 10 nitrogen and oxygen atoms in total. The van der Waals surface area contributed by atoms with Gasteiger partial charge in [0, 0.05) is 12.6 Å².